The van der Waals surface area contributed by atoms with Crippen molar-refractivity contribution in [2.45, 2.75) is 0 Å². The first-order valence-electron chi connectivity index (χ1n) is 5.55. The molecule has 0 aliphatic rings. The van der Waals surface area contributed by atoms with Crippen LogP contribution in [-0.2, 0) is 21.1 Å². The van der Waals surface area contributed by atoms with Crippen LogP contribution in [0, 0.1) is 0 Å². The van der Waals surface area contributed by atoms with Crippen molar-refractivity contribution >= 4 is 17.1 Å². The van der Waals surface area contributed by atoms with Crippen LogP contribution in [-0.4, -0.2) is 31.8 Å². The summed E-state index contributed by atoms with van der Waals surface area (Å²) < 4.78 is 4.12. The van der Waals surface area contributed by atoms with Crippen molar-refractivity contribution in [1.29, 1.82) is 0 Å². The van der Waals surface area contributed by atoms with E-state index >= 15 is 0 Å². The van der Waals surface area contributed by atoms with Crippen LogP contribution in [0.15, 0.2) is 9.59 Å². The highest BCUT2D eigenvalue weighted by atomic mass is 16.2. The number of nitrogens with two attached hydrogens (primary N) is 1. The van der Waals surface area contributed by atoms with Crippen LogP contribution in [0.5, 0.6) is 0 Å². The minimum Gasteiger partial charge on any atom is -0.354 e. The molecule has 3 N–H and O–H groups in total. The average Bonchev–Trinajstić information content (AvgIpc) is 2.69. The van der Waals surface area contributed by atoms with E-state index in [0.29, 0.717) is 24.7 Å². The molecule has 0 atom stereocenters. The molecule has 2 heterocycles. The summed E-state index contributed by atoms with van der Waals surface area (Å²) in [7, 11) is 4.79. The zero-order chi connectivity index (χ0) is 13.4. The minimum absolute atomic E-state index is 0.265. The van der Waals surface area contributed by atoms with Gasteiger partial charge in [0.2, 0.25) is 5.95 Å². The number of imidazole rings is 1. The average molecular weight is 252 g/mol. The first kappa shape index (κ1) is 12.4. The molecule has 2 aromatic rings. The van der Waals surface area contributed by atoms with Crippen LogP contribution in [0.2, 0.25) is 0 Å². The van der Waals surface area contributed by atoms with Crippen LogP contribution >= 0.6 is 0 Å². The third-order valence-electron chi connectivity index (χ3n) is 2.89. The lowest BCUT2D eigenvalue weighted by molar-refractivity contribution is 0.698. The zero-order valence-electron chi connectivity index (χ0n) is 10.6. The van der Waals surface area contributed by atoms with Crippen LogP contribution in [0.25, 0.3) is 11.2 Å². The second kappa shape index (κ2) is 4.30. The maximum Gasteiger partial charge on any atom is 0.332 e. The Hall–Kier alpha value is -2.09. The van der Waals surface area contributed by atoms with Gasteiger partial charge in [-0.3, -0.25) is 18.5 Å². The summed E-state index contributed by atoms with van der Waals surface area (Å²) in [6, 6.07) is 0. The number of hydrogen-bond acceptors (Lipinski definition) is 5. The normalized spacial score (nSPS) is 11.1. The van der Waals surface area contributed by atoms with Crippen LogP contribution < -0.4 is 22.3 Å². The van der Waals surface area contributed by atoms with Crippen molar-refractivity contribution in [2.24, 2.45) is 26.9 Å². The molecule has 0 spiro atoms. The Labute approximate surface area is 103 Å². The van der Waals surface area contributed by atoms with Gasteiger partial charge in [0.1, 0.15) is 0 Å². The van der Waals surface area contributed by atoms with Gasteiger partial charge in [0.05, 0.1) is 0 Å². The summed E-state index contributed by atoms with van der Waals surface area (Å²) in [6.07, 6.45) is 0. The summed E-state index contributed by atoms with van der Waals surface area (Å²) in [6.45, 7) is 1.01. The molecule has 0 unspecified atom stereocenters. The maximum absolute atomic E-state index is 12.0. The third kappa shape index (κ3) is 1.61. The van der Waals surface area contributed by atoms with Gasteiger partial charge in [0.25, 0.3) is 5.56 Å². The Kier molecular flexibility index (Phi) is 2.95. The number of aromatic nitrogens is 4. The van der Waals surface area contributed by atoms with Crippen LogP contribution in [0.4, 0.5) is 5.95 Å². The molecule has 8 heteroatoms. The highest BCUT2D eigenvalue weighted by Crippen LogP contribution is 2.12. The summed E-state index contributed by atoms with van der Waals surface area (Å²) in [4.78, 5) is 28.0. The minimum atomic E-state index is -0.399. The first-order chi connectivity index (χ1) is 8.49. The SMILES string of the molecule is Cn1c(=O)c2nc(NCCN)n(C)c2n(C)c1=O. The summed E-state index contributed by atoms with van der Waals surface area (Å²) in [5.41, 5.74) is 5.39. The molecule has 98 valence electrons. The van der Waals surface area contributed by atoms with Crippen LogP contribution in [0.3, 0.4) is 0 Å². The van der Waals surface area contributed by atoms with E-state index in [1.54, 1.807) is 18.7 Å². The number of fused-ring (bicyclic) bond motifs is 1. The molecule has 0 saturated heterocycles. The summed E-state index contributed by atoms with van der Waals surface area (Å²) >= 11 is 0. The molecule has 18 heavy (non-hydrogen) atoms. The zero-order valence-corrected chi connectivity index (χ0v) is 10.6. The van der Waals surface area contributed by atoms with E-state index in [1.165, 1.54) is 11.6 Å². The van der Waals surface area contributed by atoms with Gasteiger partial charge < -0.3 is 11.1 Å². The Morgan fingerprint density at radius 1 is 1.17 bits per heavy atom. The van der Waals surface area contributed by atoms with E-state index in [2.05, 4.69) is 10.3 Å². The fraction of sp³-hybridized carbons (Fsp3) is 0.500. The maximum atomic E-state index is 12.0. The van der Waals surface area contributed by atoms with Gasteiger partial charge in [-0.05, 0) is 0 Å². The number of rotatable bonds is 3. The standard InChI is InChI=1S/C10H16N6O2/c1-14-7-6(13-9(14)12-5-4-11)8(17)16(3)10(18)15(7)2/h4-5,11H2,1-3H3,(H,12,13). The van der Waals surface area contributed by atoms with Crippen LogP contribution in [0.1, 0.15) is 0 Å². The fourth-order valence-electron chi connectivity index (χ4n) is 1.92. The molecule has 0 radical (unpaired) electrons. The topological polar surface area (TPSA) is 99.9 Å². The number of nitrogens with zero attached hydrogens (tertiary/aromatic N) is 4. The number of anilines is 1. The van der Waals surface area contributed by atoms with E-state index in [4.69, 9.17) is 5.73 Å². The molecule has 0 aliphatic heterocycles. The van der Waals surface area contributed by atoms with E-state index in [9.17, 15) is 9.59 Å². The van der Waals surface area contributed by atoms with Crippen molar-refractivity contribution in [3.8, 4) is 0 Å². The smallest absolute Gasteiger partial charge is 0.332 e. The first-order valence-corrected chi connectivity index (χ1v) is 5.55. The third-order valence-corrected chi connectivity index (χ3v) is 2.89. The quantitative estimate of drug-likeness (QED) is 0.681. The van der Waals surface area contributed by atoms with Crippen molar-refractivity contribution in [3.05, 3.63) is 20.8 Å². The van der Waals surface area contributed by atoms with Gasteiger partial charge >= 0.3 is 5.69 Å². The number of aryl methyl sites for hydroxylation is 2. The second-order valence-corrected chi connectivity index (χ2v) is 4.09. The molecular weight excluding hydrogens is 236 g/mol. The summed E-state index contributed by atoms with van der Waals surface area (Å²) in [5, 5.41) is 3.01. The predicted octanol–water partition coefficient (Wildman–Crippen LogP) is -1.66. The van der Waals surface area contributed by atoms with E-state index in [0.717, 1.165) is 4.57 Å². The fourth-order valence-corrected chi connectivity index (χ4v) is 1.92. The second-order valence-electron chi connectivity index (χ2n) is 4.09. The molecule has 0 bridgehead atoms. The monoisotopic (exact) mass is 252 g/mol. The van der Waals surface area contributed by atoms with Crippen molar-refractivity contribution in [1.82, 2.24) is 18.7 Å². The Morgan fingerprint density at radius 3 is 2.44 bits per heavy atom. The molecule has 0 amide bonds. The van der Waals surface area contributed by atoms with Gasteiger partial charge in [-0.1, -0.05) is 0 Å². The van der Waals surface area contributed by atoms with E-state index < -0.39 is 5.56 Å². The van der Waals surface area contributed by atoms with Gasteiger partial charge in [-0.25, -0.2) is 9.78 Å². The molecular formula is C10H16N6O2. The van der Waals surface area contributed by atoms with E-state index in [1.807, 2.05) is 0 Å². The van der Waals surface area contributed by atoms with Gasteiger partial charge in [-0.15, -0.1) is 0 Å². The Balaban J connectivity index is 2.80. The Morgan fingerprint density at radius 2 is 1.83 bits per heavy atom. The number of nitrogens with one attached hydrogen (secondary N) is 1. The Bertz CT molecular complexity index is 708. The van der Waals surface area contributed by atoms with Crippen molar-refractivity contribution in [2.75, 3.05) is 18.4 Å². The predicted molar refractivity (Wildman–Crippen MR) is 68.7 cm³/mol. The lowest BCUT2D eigenvalue weighted by Crippen LogP contribution is -2.37. The van der Waals surface area contributed by atoms with Gasteiger partial charge in [0.15, 0.2) is 11.2 Å². The summed E-state index contributed by atoms with van der Waals surface area (Å²) in [5.74, 6) is 0.522. The highest BCUT2D eigenvalue weighted by molar-refractivity contribution is 5.73. The lowest BCUT2D eigenvalue weighted by Gasteiger charge is -2.06. The molecule has 2 aromatic heterocycles. The molecule has 8 nitrogen and oxygen atoms in total. The van der Waals surface area contributed by atoms with Gasteiger partial charge in [-0.2, -0.15) is 0 Å². The van der Waals surface area contributed by atoms with Crippen molar-refractivity contribution < 1.29 is 0 Å². The number of hydrogen-bond donors (Lipinski definition) is 2. The largest absolute Gasteiger partial charge is 0.354 e. The lowest BCUT2D eigenvalue weighted by atomic mass is 10.5. The molecule has 0 saturated carbocycles. The molecule has 2 rings (SSSR count). The van der Waals surface area contributed by atoms with Gasteiger partial charge in [0, 0.05) is 34.2 Å². The molecule has 0 fully saturated rings. The molecule has 0 aromatic carbocycles. The van der Waals surface area contributed by atoms with Crippen molar-refractivity contribution in [3.63, 3.8) is 0 Å². The highest BCUT2D eigenvalue weighted by Gasteiger charge is 2.16. The molecule has 0 aliphatic carbocycles. The van der Waals surface area contributed by atoms with E-state index in [-0.39, 0.29) is 11.2 Å².